The molecule has 6 heteroatoms. The molecule has 0 amide bonds. The number of nitrogens with one attached hydrogen (secondary N) is 1. The molecule has 0 spiro atoms. The molecule has 5 rings (SSSR count). The second kappa shape index (κ2) is 9.35. The van der Waals surface area contributed by atoms with Gasteiger partial charge in [0.05, 0.1) is 6.10 Å². The topological polar surface area (TPSA) is 64.5 Å². The largest absolute Gasteiger partial charge is 0.390 e. The second-order valence-electron chi connectivity index (χ2n) is 10.5. The summed E-state index contributed by atoms with van der Waals surface area (Å²) >= 11 is 0. The molecule has 0 aliphatic carbocycles. The zero-order chi connectivity index (χ0) is 23.7. The van der Waals surface area contributed by atoms with Crippen molar-refractivity contribution in [1.29, 1.82) is 0 Å². The summed E-state index contributed by atoms with van der Waals surface area (Å²) in [6, 6.07) is 19.2. The van der Waals surface area contributed by atoms with E-state index in [-0.39, 0.29) is 11.5 Å². The van der Waals surface area contributed by atoms with Crippen LogP contribution in [0.3, 0.4) is 0 Å². The Morgan fingerprint density at radius 1 is 0.971 bits per heavy atom. The van der Waals surface area contributed by atoms with Gasteiger partial charge in [-0.05, 0) is 41.0 Å². The van der Waals surface area contributed by atoms with Gasteiger partial charge < -0.3 is 15.3 Å². The molecule has 0 unspecified atom stereocenters. The lowest BCUT2D eigenvalue weighted by molar-refractivity contribution is 0.0293. The monoisotopic (exact) mass is 457 g/mol. The molecule has 0 radical (unpaired) electrons. The molecule has 2 aliphatic heterocycles. The third kappa shape index (κ3) is 4.79. The Morgan fingerprint density at radius 2 is 1.74 bits per heavy atom. The van der Waals surface area contributed by atoms with Crippen LogP contribution in [-0.2, 0) is 18.4 Å². The van der Waals surface area contributed by atoms with Crippen molar-refractivity contribution in [2.45, 2.75) is 57.7 Å². The summed E-state index contributed by atoms with van der Waals surface area (Å²) in [5.41, 5.74) is 5.17. The van der Waals surface area contributed by atoms with Crippen molar-refractivity contribution in [2.75, 3.05) is 29.9 Å². The molecule has 3 heterocycles. The second-order valence-corrected chi connectivity index (χ2v) is 10.5. The van der Waals surface area contributed by atoms with E-state index in [1.54, 1.807) is 6.33 Å². The first-order chi connectivity index (χ1) is 16.4. The average Bonchev–Trinajstić information content (AvgIpc) is 2.83. The number of aliphatic hydroxyl groups excluding tert-OH is 1. The summed E-state index contributed by atoms with van der Waals surface area (Å²) in [6.07, 6.45) is 3.17. The minimum atomic E-state index is -0.410. The number of piperidine rings is 1. The van der Waals surface area contributed by atoms with E-state index in [0.29, 0.717) is 6.54 Å². The number of hydrogen-bond acceptors (Lipinski definition) is 6. The standard InChI is InChI=1S/C28H35N5O/c1-28(2,3)22-10-6-7-11-23(22)31-26-16-27(30-19-29-26)33-15-13-24(25(34)18-33)32-14-12-20-8-4-5-9-21(20)17-32/h4-11,16,19,24-25,34H,12-15,17-18H2,1-3H3,(H,29,30,31)/t24-,25-/m0/s1. The first-order valence-electron chi connectivity index (χ1n) is 12.3. The van der Waals surface area contributed by atoms with Crippen LogP contribution in [0, 0.1) is 0 Å². The van der Waals surface area contributed by atoms with Gasteiger partial charge in [0.25, 0.3) is 0 Å². The molecule has 1 saturated heterocycles. The fraction of sp³-hybridized carbons (Fsp3) is 0.429. The van der Waals surface area contributed by atoms with Crippen molar-refractivity contribution in [3.05, 3.63) is 77.6 Å². The van der Waals surface area contributed by atoms with Crippen LogP contribution in [0.5, 0.6) is 0 Å². The molecule has 0 saturated carbocycles. The highest BCUT2D eigenvalue weighted by Gasteiger charge is 2.34. The van der Waals surface area contributed by atoms with Crippen LogP contribution >= 0.6 is 0 Å². The van der Waals surface area contributed by atoms with E-state index in [1.165, 1.54) is 16.7 Å². The van der Waals surface area contributed by atoms with Crippen LogP contribution < -0.4 is 10.2 Å². The number of para-hydroxylation sites is 1. The molecule has 1 aromatic heterocycles. The predicted molar refractivity (Wildman–Crippen MR) is 138 cm³/mol. The number of aromatic nitrogens is 2. The fourth-order valence-corrected chi connectivity index (χ4v) is 5.33. The van der Waals surface area contributed by atoms with E-state index in [4.69, 9.17) is 0 Å². The molecular formula is C28H35N5O. The van der Waals surface area contributed by atoms with Gasteiger partial charge in [0, 0.05) is 44.0 Å². The van der Waals surface area contributed by atoms with Gasteiger partial charge in [-0.1, -0.05) is 63.2 Å². The van der Waals surface area contributed by atoms with Crippen LogP contribution in [-0.4, -0.2) is 51.8 Å². The minimum Gasteiger partial charge on any atom is -0.390 e. The Bertz CT molecular complexity index is 1140. The fourth-order valence-electron chi connectivity index (χ4n) is 5.33. The molecule has 34 heavy (non-hydrogen) atoms. The van der Waals surface area contributed by atoms with Gasteiger partial charge in [-0.3, -0.25) is 4.90 Å². The minimum absolute atomic E-state index is 0.0282. The van der Waals surface area contributed by atoms with Gasteiger partial charge in [0.2, 0.25) is 0 Å². The number of fused-ring (bicyclic) bond motifs is 1. The molecule has 6 nitrogen and oxygen atoms in total. The number of aliphatic hydroxyl groups is 1. The lowest BCUT2D eigenvalue weighted by Gasteiger charge is -2.43. The van der Waals surface area contributed by atoms with Crippen molar-refractivity contribution in [3.8, 4) is 0 Å². The third-order valence-corrected chi connectivity index (χ3v) is 7.15. The van der Waals surface area contributed by atoms with E-state index < -0.39 is 6.10 Å². The molecule has 2 aliphatic rings. The SMILES string of the molecule is CC(C)(C)c1ccccc1Nc1cc(N2CC[C@H](N3CCc4ccccc4C3)[C@@H](O)C2)ncn1. The first-order valence-corrected chi connectivity index (χ1v) is 12.3. The summed E-state index contributed by atoms with van der Waals surface area (Å²) in [4.78, 5) is 13.6. The summed E-state index contributed by atoms with van der Waals surface area (Å²) < 4.78 is 0. The van der Waals surface area contributed by atoms with Crippen LogP contribution in [0.1, 0.15) is 43.9 Å². The average molecular weight is 458 g/mol. The zero-order valence-corrected chi connectivity index (χ0v) is 20.4. The smallest absolute Gasteiger partial charge is 0.135 e. The maximum absolute atomic E-state index is 11.1. The highest BCUT2D eigenvalue weighted by atomic mass is 16.3. The Kier molecular flexibility index (Phi) is 6.28. The molecule has 3 aromatic rings. The van der Waals surface area contributed by atoms with E-state index in [0.717, 1.165) is 49.8 Å². The zero-order valence-electron chi connectivity index (χ0n) is 20.4. The molecule has 2 N–H and O–H groups in total. The summed E-state index contributed by atoms with van der Waals surface area (Å²) in [7, 11) is 0. The molecule has 1 fully saturated rings. The lowest BCUT2D eigenvalue weighted by Crippen LogP contribution is -2.55. The van der Waals surface area contributed by atoms with Gasteiger partial charge in [-0.2, -0.15) is 0 Å². The number of rotatable bonds is 4. The quantitative estimate of drug-likeness (QED) is 0.601. The molecule has 178 valence electrons. The van der Waals surface area contributed by atoms with Crippen LogP contribution in [0.15, 0.2) is 60.9 Å². The van der Waals surface area contributed by atoms with Crippen molar-refractivity contribution in [1.82, 2.24) is 14.9 Å². The van der Waals surface area contributed by atoms with Gasteiger partial charge in [0.1, 0.15) is 18.0 Å². The van der Waals surface area contributed by atoms with E-state index in [2.05, 4.69) is 88.3 Å². The summed E-state index contributed by atoms with van der Waals surface area (Å²) in [5.74, 6) is 1.62. The van der Waals surface area contributed by atoms with Crippen molar-refractivity contribution >= 4 is 17.3 Å². The lowest BCUT2D eigenvalue weighted by atomic mass is 9.86. The number of anilines is 3. The highest BCUT2D eigenvalue weighted by molar-refractivity contribution is 5.64. The summed E-state index contributed by atoms with van der Waals surface area (Å²) in [5, 5.41) is 14.6. The number of nitrogens with zero attached hydrogens (tertiary/aromatic N) is 4. The first kappa shape index (κ1) is 22.8. The molecule has 2 atom stereocenters. The maximum atomic E-state index is 11.1. The maximum Gasteiger partial charge on any atom is 0.135 e. The Morgan fingerprint density at radius 3 is 2.53 bits per heavy atom. The van der Waals surface area contributed by atoms with Gasteiger partial charge in [-0.25, -0.2) is 9.97 Å². The van der Waals surface area contributed by atoms with Gasteiger partial charge >= 0.3 is 0 Å². The van der Waals surface area contributed by atoms with E-state index >= 15 is 0 Å². The van der Waals surface area contributed by atoms with Gasteiger partial charge in [-0.15, -0.1) is 0 Å². The van der Waals surface area contributed by atoms with Crippen LogP contribution in [0.2, 0.25) is 0 Å². The predicted octanol–water partition coefficient (Wildman–Crippen LogP) is 4.52. The van der Waals surface area contributed by atoms with Crippen LogP contribution in [0.4, 0.5) is 17.3 Å². The molecule has 2 aromatic carbocycles. The number of β-amino-alcohol motifs (C(OH)–C–C–N with tert-alkyl or cyclic N) is 1. The summed E-state index contributed by atoms with van der Waals surface area (Å²) in [6.45, 7) is 10.0. The van der Waals surface area contributed by atoms with E-state index in [9.17, 15) is 5.11 Å². The molecule has 0 bridgehead atoms. The van der Waals surface area contributed by atoms with Crippen molar-refractivity contribution in [3.63, 3.8) is 0 Å². The van der Waals surface area contributed by atoms with Crippen molar-refractivity contribution < 1.29 is 5.11 Å². The Labute approximate surface area is 202 Å². The number of hydrogen-bond donors (Lipinski definition) is 2. The third-order valence-electron chi connectivity index (χ3n) is 7.15. The van der Waals surface area contributed by atoms with Gasteiger partial charge in [0.15, 0.2) is 0 Å². The molecular weight excluding hydrogens is 422 g/mol. The number of benzene rings is 2. The normalized spacial score (nSPS) is 21.2. The Balaban J connectivity index is 1.27. The van der Waals surface area contributed by atoms with Crippen molar-refractivity contribution in [2.24, 2.45) is 0 Å². The van der Waals surface area contributed by atoms with E-state index in [1.807, 2.05) is 12.1 Å². The van der Waals surface area contributed by atoms with Crippen LogP contribution in [0.25, 0.3) is 0 Å². The Hall–Kier alpha value is -2.96. The highest BCUT2D eigenvalue weighted by Crippen LogP contribution is 2.32.